The third kappa shape index (κ3) is 2.76. The van der Waals surface area contributed by atoms with Crippen molar-refractivity contribution in [1.29, 1.82) is 0 Å². The molecule has 5 heteroatoms. The van der Waals surface area contributed by atoms with Gasteiger partial charge in [0, 0.05) is 24.6 Å². The molecule has 0 aliphatic carbocycles. The molecule has 0 unspecified atom stereocenters. The number of nitrogens with zero attached hydrogens (tertiary/aromatic N) is 2. The van der Waals surface area contributed by atoms with Gasteiger partial charge in [-0.2, -0.15) is 11.8 Å². The van der Waals surface area contributed by atoms with E-state index in [0.717, 1.165) is 24.6 Å². The Kier molecular flexibility index (Phi) is 3.69. The van der Waals surface area contributed by atoms with Crippen LogP contribution < -0.4 is 10.4 Å². The van der Waals surface area contributed by atoms with Crippen LogP contribution in [0.15, 0.2) is 18.3 Å². The molecule has 1 N–H and O–H groups in total. The van der Waals surface area contributed by atoms with Crippen LogP contribution in [0, 0.1) is 0 Å². The monoisotopic (exact) mass is 225 g/mol. The number of anilines is 2. The average Bonchev–Trinajstić information content (AvgIpc) is 2.32. The number of thioether (sulfide) groups is 1. The SMILES string of the molecule is CONc1ccc(N2CCSCC2)nc1. The Morgan fingerprint density at radius 1 is 1.40 bits per heavy atom. The number of hydrogen-bond donors (Lipinski definition) is 1. The first kappa shape index (κ1) is 10.6. The van der Waals surface area contributed by atoms with Crippen molar-refractivity contribution in [3.05, 3.63) is 18.3 Å². The Morgan fingerprint density at radius 3 is 2.80 bits per heavy atom. The van der Waals surface area contributed by atoms with Crippen molar-refractivity contribution in [2.75, 3.05) is 42.1 Å². The van der Waals surface area contributed by atoms with Crippen LogP contribution in [-0.4, -0.2) is 36.7 Å². The van der Waals surface area contributed by atoms with E-state index in [2.05, 4.69) is 15.4 Å². The lowest BCUT2D eigenvalue weighted by Gasteiger charge is -2.27. The highest BCUT2D eigenvalue weighted by molar-refractivity contribution is 7.99. The van der Waals surface area contributed by atoms with E-state index < -0.39 is 0 Å². The number of nitrogens with one attached hydrogen (secondary N) is 1. The van der Waals surface area contributed by atoms with E-state index in [-0.39, 0.29) is 0 Å². The minimum Gasteiger partial charge on any atom is -0.355 e. The van der Waals surface area contributed by atoms with E-state index in [1.807, 2.05) is 23.9 Å². The van der Waals surface area contributed by atoms with Gasteiger partial charge < -0.3 is 4.90 Å². The molecule has 1 aromatic rings. The first-order chi connectivity index (χ1) is 7.40. The van der Waals surface area contributed by atoms with E-state index in [4.69, 9.17) is 4.84 Å². The Hall–Kier alpha value is -0.940. The maximum Gasteiger partial charge on any atom is 0.128 e. The summed E-state index contributed by atoms with van der Waals surface area (Å²) in [4.78, 5) is 11.5. The highest BCUT2D eigenvalue weighted by Gasteiger charge is 2.11. The smallest absolute Gasteiger partial charge is 0.128 e. The van der Waals surface area contributed by atoms with Crippen LogP contribution in [0.4, 0.5) is 11.5 Å². The lowest BCUT2D eigenvalue weighted by Crippen LogP contribution is -2.32. The molecule has 0 amide bonds. The lowest BCUT2D eigenvalue weighted by atomic mass is 10.4. The molecule has 0 bridgehead atoms. The summed E-state index contributed by atoms with van der Waals surface area (Å²) in [6.07, 6.45) is 1.79. The normalized spacial score (nSPS) is 16.5. The summed E-state index contributed by atoms with van der Waals surface area (Å²) in [5.74, 6) is 3.44. The average molecular weight is 225 g/mol. The van der Waals surface area contributed by atoms with Gasteiger partial charge in [-0.15, -0.1) is 0 Å². The second-order valence-electron chi connectivity index (χ2n) is 3.31. The largest absolute Gasteiger partial charge is 0.355 e. The Balaban J connectivity index is 2.02. The Labute approximate surface area is 94.0 Å². The molecular formula is C10H15N3OS. The molecule has 1 fully saturated rings. The molecule has 1 aliphatic rings. The highest BCUT2D eigenvalue weighted by atomic mass is 32.2. The first-order valence-corrected chi connectivity index (χ1v) is 6.13. The summed E-state index contributed by atoms with van der Waals surface area (Å²) >= 11 is 2.00. The quantitative estimate of drug-likeness (QED) is 0.791. The minimum atomic E-state index is 0.882. The molecule has 1 aromatic heterocycles. The fourth-order valence-electron chi connectivity index (χ4n) is 1.54. The fourth-order valence-corrected chi connectivity index (χ4v) is 2.45. The van der Waals surface area contributed by atoms with Gasteiger partial charge in [-0.1, -0.05) is 0 Å². The van der Waals surface area contributed by atoms with Gasteiger partial charge in [0.15, 0.2) is 0 Å². The van der Waals surface area contributed by atoms with Crippen LogP contribution in [0.3, 0.4) is 0 Å². The van der Waals surface area contributed by atoms with Crippen LogP contribution in [0.2, 0.25) is 0 Å². The van der Waals surface area contributed by atoms with Crippen molar-refractivity contribution >= 4 is 23.3 Å². The Bertz CT molecular complexity index is 298. The molecule has 0 aromatic carbocycles. The number of rotatable bonds is 3. The molecule has 2 heterocycles. The van der Waals surface area contributed by atoms with Crippen molar-refractivity contribution in [2.45, 2.75) is 0 Å². The summed E-state index contributed by atoms with van der Waals surface area (Å²) in [6, 6.07) is 4.00. The van der Waals surface area contributed by atoms with E-state index in [9.17, 15) is 0 Å². The number of pyridine rings is 1. The van der Waals surface area contributed by atoms with Crippen molar-refractivity contribution in [2.24, 2.45) is 0 Å². The standard InChI is InChI=1S/C10H15N3OS/c1-14-12-9-2-3-10(11-8-9)13-4-6-15-7-5-13/h2-3,8,12H,4-7H2,1H3. The molecule has 1 saturated heterocycles. The molecule has 2 rings (SSSR count). The zero-order valence-corrected chi connectivity index (χ0v) is 9.59. The third-order valence-corrected chi connectivity index (χ3v) is 3.25. The Morgan fingerprint density at radius 2 is 2.20 bits per heavy atom. The first-order valence-electron chi connectivity index (χ1n) is 4.98. The minimum absolute atomic E-state index is 0.882. The van der Waals surface area contributed by atoms with Gasteiger partial charge in [0.05, 0.1) is 19.0 Å². The summed E-state index contributed by atoms with van der Waals surface area (Å²) in [5, 5.41) is 0. The highest BCUT2D eigenvalue weighted by Crippen LogP contribution is 2.18. The van der Waals surface area contributed by atoms with Gasteiger partial charge in [0.1, 0.15) is 5.82 Å². The van der Waals surface area contributed by atoms with Crippen molar-refractivity contribution in [3.8, 4) is 0 Å². The topological polar surface area (TPSA) is 37.4 Å². The van der Waals surface area contributed by atoms with Crippen LogP contribution in [0.5, 0.6) is 0 Å². The summed E-state index contributed by atoms with van der Waals surface area (Å²) < 4.78 is 0. The van der Waals surface area contributed by atoms with Gasteiger partial charge in [0.25, 0.3) is 0 Å². The van der Waals surface area contributed by atoms with E-state index >= 15 is 0 Å². The lowest BCUT2D eigenvalue weighted by molar-refractivity contribution is 0.271. The molecule has 0 radical (unpaired) electrons. The van der Waals surface area contributed by atoms with Crippen LogP contribution in [0.1, 0.15) is 0 Å². The second-order valence-corrected chi connectivity index (χ2v) is 4.54. The van der Waals surface area contributed by atoms with E-state index in [0.29, 0.717) is 0 Å². The molecule has 4 nitrogen and oxygen atoms in total. The molecule has 0 saturated carbocycles. The zero-order chi connectivity index (χ0) is 10.5. The second kappa shape index (κ2) is 5.23. The predicted molar refractivity (Wildman–Crippen MR) is 64.4 cm³/mol. The zero-order valence-electron chi connectivity index (χ0n) is 8.77. The maximum absolute atomic E-state index is 4.81. The van der Waals surface area contributed by atoms with Gasteiger partial charge in [-0.25, -0.2) is 4.98 Å². The molecular weight excluding hydrogens is 210 g/mol. The summed E-state index contributed by atoms with van der Waals surface area (Å²) in [6.45, 7) is 2.18. The molecule has 82 valence electrons. The van der Waals surface area contributed by atoms with Crippen molar-refractivity contribution < 1.29 is 4.84 Å². The summed E-state index contributed by atoms with van der Waals surface area (Å²) in [5.41, 5.74) is 3.63. The summed E-state index contributed by atoms with van der Waals surface area (Å²) in [7, 11) is 1.59. The molecule has 0 atom stereocenters. The van der Waals surface area contributed by atoms with Crippen molar-refractivity contribution in [1.82, 2.24) is 4.98 Å². The third-order valence-electron chi connectivity index (χ3n) is 2.30. The maximum atomic E-state index is 4.81. The fraction of sp³-hybridized carbons (Fsp3) is 0.500. The van der Waals surface area contributed by atoms with Gasteiger partial charge in [0.2, 0.25) is 0 Å². The number of aromatic nitrogens is 1. The van der Waals surface area contributed by atoms with Gasteiger partial charge in [-0.05, 0) is 12.1 Å². The number of hydrogen-bond acceptors (Lipinski definition) is 5. The van der Waals surface area contributed by atoms with Crippen molar-refractivity contribution in [3.63, 3.8) is 0 Å². The van der Waals surface area contributed by atoms with E-state index in [1.54, 1.807) is 13.3 Å². The van der Waals surface area contributed by atoms with Gasteiger partial charge in [-0.3, -0.25) is 10.3 Å². The van der Waals surface area contributed by atoms with Crippen LogP contribution in [0.25, 0.3) is 0 Å². The van der Waals surface area contributed by atoms with Crippen LogP contribution >= 0.6 is 11.8 Å². The van der Waals surface area contributed by atoms with E-state index in [1.165, 1.54) is 11.5 Å². The molecule has 1 aliphatic heterocycles. The molecule has 15 heavy (non-hydrogen) atoms. The van der Waals surface area contributed by atoms with Crippen LogP contribution in [-0.2, 0) is 4.84 Å². The molecule has 0 spiro atoms. The predicted octanol–water partition coefficient (Wildman–Crippen LogP) is 1.61. The van der Waals surface area contributed by atoms with Gasteiger partial charge >= 0.3 is 0 Å².